The van der Waals surface area contributed by atoms with Crippen molar-refractivity contribution in [2.45, 2.75) is 354 Å². The van der Waals surface area contributed by atoms with Crippen LogP contribution in [0.4, 0.5) is 0 Å². The molecular weight excluding hydrogens is 1010 g/mol. The predicted molar refractivity (Wildman–Crippen MR) is 357 cm³/mol. The standard InChI is InChI=1S/C76H132O6/c1-4-7-10-13-16-18-20-22-24-26-28-30-32-34-35-36-37-38-39-40-41-43-44-46-48-50-52-54-56-58-60-63-66-69-75(78)81-72-73(71-80-74(77)68-65-62-15-12-9-6-3)82-76(79)70-67-64-61-59-57-55-53-51-49-47-45-42-33-31-29-27-25-23-21-19-17-14-11-8-5-2/h8,11,17,19,23,25-26,28-29,31,42,45,49,51,55,57,73H,4-7,9-10,12-16,18,20-22,24,27,30,32-41,43-44,46-48,50,52-54,56,58-72H2,1-3H3/b11-8-,19-17-,25-23-,28-26-,31-29-,45-42-,51-49-,57-55-. The Hall–Kier alpha value is -3.67. The molecule has 0 aromatic heterocycles. The second-order valence-corrected chi connectivity index (χ2v) is 23.4. The van der Waals surface area contributed by atoms with Crippen LogP contribution >= 0.6 is 0 Å². The third kappa shape index (κ3) is 67.1. The normalized spacial score (nSPS) is 12.7. The van der Waals surface area contributed by atoms with Gasteiger partial charge in [-0.3, -0.25) is 14.4 Å². The van der Waals surface area contributed by atoms with Gasteiger partial charge in [0.05, 0.1) is 0 Å². The van der Waals surface area contributed by atoms with Crippen molar-refractivity contribution in [3.63, 3.8) is 0 Å². The summed E-state index contributed by atoms with van der Waals surface area (Å²) in [5.41, 5.74) is 0. The van der Waals surface area contributed by atoms with E-state index >= 15 is 0 Å². The number of hydrogen-bond donors (Lipinski definition) is 0. The lowest BCUT2D eigenvalue weighted by Gasteiger charge is -2.18. The molecule has 0 saturated carbocycles. The summed E-state index contributed by atoms with van der Waals surface area (Å²) in [4.78, 5) is 38.1. The zero-order valence-corrected chi connectivity index (χ0v) is 54.2. The minimum absolute atomic E-state index is 0.0885. The van der Waals surface area contributed by atoms with Gasteiger partial charge in [-0.1, -0.05) is 323 Å². The minimum Gasteiger partial charge on any atom is -0.462 e. The zero-order chi connectivity index (χ0) is 59.2. The van der Waals surface area contributed by atoms with Crippen LogP contribution in [0.15, 0.2) is 97.2 Å². The van der Waals surface area contributed by atoms with Crippen LogP contribution in [0.3, 0.4) is 0 Å². The third-order valence-corrected chi connectivity index (χ3v) is 15.3. The maximum atomic E-state index is 12.9. The van der Waals surface area contributed by atoms with Crippen molar-refractivity contribution in [3.8, 4) is 0 Å². The van der Waals surface area contributed by atoms with Gasteiger partial charge in [0.2, 0.25) is 0 Å². The molecule has 0 spiro atoms. The summed E-state index contributed by atoms with van der Waals surface area (Å²) in [6.07, 6.45) is 94.9. The highest BCUT2D eigenvalue weighted by Crippen LogP contribution is 2.17. The molecule has 0 radical (unpaired) electrons. The van der Waals surface area contributed by atoms with E-state index in [-0.39, 0.29) is 37.5 Å². The number of carbonyl (C=O) groups is 3. The highest BCUT2D eigenvalue weighted by atomic mass is 16.6. The Kier molecular flexibility index (Phi) is 66.7. The first-order valence-electron chi connectivity index (χ1n) is 35.2. The molecular formula is C76H132O6. The lowest BCUT2D eigenvalue weighted by molar-refractivity contribution is -0.167. The van der Waals surface area contributed by atoms with Crippen LogP contribution in [0.2, 0.25) is 0 Å². The van der Waals surface area contributed by atoms with Gasteiger partial charge in [-0.2, -0.15) is 0 Å². The van der Waals surface area contributed by atoms with Gasteiger partial charge in [0.25, 0.3) is 0 Å². The summed E-state index contributed by atoms with van der Waals surface area (Å²) in [5, 5.41) is 0. The molecule has 0 aliphatic carbocycles. The quantitative estimate of drug-likeness (QED) is 0.0261. The van der Waals surface area contributed by atoms with Gasteiger partial charge in [-0.15, -0.1) is 0 Å². The summed E-state index contributed by atoms with van der Waals surface area (Å²) >= 11 is 0. The summed E-state index contributed by atoms with van der Waals surface area (Å²) in [5.74, 6) is -0.920. The van der Waals surface area contributed by atoms with Gasteiger partial charge in [0.15, 0.2) is 6.10 Å². The van der Waals surface area contributed by atoms with Crippen LogP contribution in [0.5, 0.6) is 0 Å². The van der Waals surface area contributed by atoms with Gasteiger partial charge < -0.3 is 14.2 Å². The molecule has 0 bridgehead atoms. The molecule has 1 atom stereocenters. The van der Waals surface area contributed by atoms with E-state index in [0.29, 0.717) is 12.8 Å². The molecule has 0 amide bonds. The number of allylic oxidation sites excluding steroid dienone is 16. The Morgan fingerprint density at radius 3 is 0.768 bits per heavy atom. The van der Waals surface area contributed by atoms with Crippen molar-refractivity contribution < 1.29 is 28.6 Å². The maximum Gasteiger partial charge on any atom is 0.306 e. The van der Waals surface area contributed by atoms with E-state index in [4.69, 9.17) is 14.2 Å². The molecule has 6 nitrogen and oxygen atoms in total. The average Bonchev–Trinajstić information content (AvgIpc) is 3.47. The molecule has 472 valence electrons. The largest absolute Gasteiger partial charge is 0.462 e. The molecule has 6 heteroatoms. The van der Waals surface area contributed by atoms with Crippen molar-refractivity contribution >= 4 is 17.9 Å². The summed E-state index contributed by atoms with van der Waals surface area (Å²) in [6.45, 7) is 6.47. The van der Waals surface area contributed by atoms with Gasteiger partial charge in [-0.25, -0.2) is 0 Å². The first kappa shape index (κ1) is 78.3. The van der Waals surface area contributed by atoms with E-state index in [9.17, 15) is 14.4 Å². The maximum absolute atomic E-state index is 12.9. The molecule has 0 aliphatic rings. The monoisotopic (exact) mass is 1140 g/mol. The van der Waals surface area contributed by atoms with Crippen molar-refractivity contribution in [1.29, 1.82) is 0 Å². The summed E-state index contributed by atoms with van der Waals surface area (Å²) < 4.78 is 16.8. The van der Waals surface area contributed by atoms with Gasteiger partial charge in [0, 0.05) is 19.3 Å². The molecule has 0 heterocycles. The number of esters is 3. The van der Waals surface area contributed by atoms with E-state index in [2.05, 4.69) is 118 Å². The SMILES string of the molecule is CC/C=C\C/C=C\C/C=C\C/C=C\C/C=C\C/C=C\C/C=C\CCCCCC(=O)OC(COC(=O)CCCCCCCC)COC(=O)CCCCCCCCCCCCCCCCCCCCCCC/C=C\CCCCCCCCCC. The lowest BCUT2D eigenvalue weighted by atomic mass is 10.0. The third-order valence-electron chi connectivity index (χ3n) is 15.3. The lowest BCUT2D eigenvalue weighted by Crippen LogP contribution is -2.30. The number of hydrogen-bond acceptors (Lipinski definition) is 6. The van der Waals surface area contributed by atoms with Crippen LogP contribution in [-0.2, 0) is 28.6 Å². The van der Waals surface area contributed by atoms with Crippen LogP contribution in [0.25, 0.3) is 0 Å². The molecule has 82 heavy (non-hydrogen) atoms. The summed E-state index contributed by atoms with van der Waals surface area (Å²) in [6, 6.07) is 0. The number of rotatable bonds is 64. The van der Waals surface area contributed by atoms with Crippen molar-refractivity contribution in [2.24, 2.45) is 0 Å². The molecule has 0 aromatic rings. The van der Waals surface area contributed by atoms with E-state index in [1.165, 1.54) is 199 Å². The molecule has 1 unspecified atom stereocenters. The van der Waals surface area contributed by atoms with E-state index < -0.39 is 6.10 Å². The molecule has 0 aromatic carbocycles. The van der Waals surface area contributed by atoms with Crippen molar-refractivity contribution in [1.82, 2.24) is 0 Å². The fraction of sp³-hybridized carbons (Fsp3) is 0.750. The fourth-order valence-corrected chi connectivity index (χ4v) is 10.1. The molecule has 0 rings (SSSR count). The van der Waals surface area contributed by atoms with Crippen LogP contribution in [0, 0.1) is 0 Å². The Morgan fingerprint density at radius 1 is 0.256 bits per heavy atom. The van der Waals surface area contributed by atoms with Crippen molar-refractivity contribution in [3.05, 3.63) is 97.2 Å². The van der Waals surface area contributed by atoms with E-state index in [0.717, 1.165) is 109 Å². The highest BCUT2D eigenvalue weighted by Gasteiger charge is 2.19. The Morgan fingerprint density at radius 2 is 0.476 bits per heavy atom. The second-order valence-electron chi connectivity index (χ2n) is 23.4. The van der Waals surface area contributed by atoms with Crippen molar-refractivity contribution in [2.75, 3.05) is 13.2 Å². The minimum atomic E-state index is -0.793. The van der Waals surface area contributed by atoms with E-state index in [1.807, 2.05) is 0 Å². The van der Waals surface area contributed by atoms with Crippen LogP contribution in [-0.4, -0.2) is 37.2 Å². The first-order valence-corrected chi connectivity index (χ1v) is 35.2. The number of ether oxygens (including phenoxy) is 3. The predicted octanol–water partition coefficient (Wildman–Crippen LogP) is 24.4. The Labute approximate surface area is 508 Å². The Balaban J connectivity index is 4.04. The zero-order valence-electron chi connectivity index (χ0n) is 54.2. The summed E-state index contributed by atoms with van der Waals surface area (Å²) in [7, 11) is 0. The van der Waals surface area contributed by atoms with Gasteiger partial charge in [-0.05, 0) is 103 Å². The average molecular weight is 1140 g/mol. The topological polar surface area (TPSA) is 78.9 Å². The molecule has 0 fully saturated rings. The second kappa shape index (κ2) is 69.8. The molecule has 0 aliphatic heterocycles. The fourth-order valence-electron chi connectivity index (χ4n) is 10.1. The van der Waals surface area contributed by atoms with Gasteiger partial charge in [0.1, 0.15) is 13.2 Å². The van der Waals surface area contributed by atoms with Crippen LogP contribution in [0.1, 0.15) is 348 Å². The highest BCUT2D eigenvalue weighted by molar-refractivity contribution is 5.71. The first-order chi connectivity index (χ1) is 40.5. The smallest absolute Gasteiger partial charge is 0.306 e. The number of unbranched alkanes of at least 4 members (excludes halogenated alkanes) is 37. The Bertz CT molecular complexity index is 1590. The molecule has 0 N–H and O–H groups in total. The molecule has 0 saturated heterocycles. The van der Waals surface area contributed by atoms with Gasteiger partial charge >= 0.3 is 17.9 Å². The number of carbonyl (C=O) groups excluding carboxylic acids is 3. The van der Waals surface area contributed by atoms with Crippen LogP contribution < -0.4 is 0 Å². The van der Waals surface area contributed by atoms with E-state index in [1.54, 1.807) is 0 Å².